The Morgan fingerprint density at radius 1 is 1.11 bits per heavy atom. The fourth-order valence-electron chi connectivity index (χ4n) is 2.84. The van der Waals surface area contributed by atoms with E-state index in [2.05, 4.69) is 19.1 Å². The van der Waals surface area contributed by atoms with E-state index in [-0.39, 0.29) is 6.42 Å². The van der Waals surface area contributed by atoms with Gasteiger partial charge in [0.25, 0.3) is 0 Å². The van der Waals surface area contributed by atoms with Crippen molar-refractivity contribution >= 4 is 5.97 Å². The predicted octanol–water partition coefficient (Wildman–Crippen LogP) is 2.90. The summed E-state index contributed by atoms with van der Waals surface area (Å²) in [5, 5.41) is 38.9. The highest BCUT2D eigenvalue weighted by Crippen LogP contribution is 2.25. The summed E-state index contributed by atoms with van der Waals surface area (Å²) in [6.45, 7) is 2.08. The normalized spacial score (nSPS) is 25.5. The van der Waals surface area contributed by atoms with E-state index in [9.17, 15) is 20.1 Å². The largest absolute Gasteiger partial charge is 0.481 e. The first-order valence-corrected chi connectivity index (χ1v) is 9.98. The van der Waals surface area contributed by atoms with E-state index in [1.807, 2.05) is 12.2 Å². The van der Waals surface area contributed by atoms with E-state index in [0.29, 0.717) is 25.7 Å². The van der Waals surface area contributed by atoms with Gasteiger partial charge in [-0.05, 0) is 32.1 Å². The Morgan fingerprint density at radius 3 is 2.54 bits per heavy atom. The molecule has 0 spiro atoms. The quantitative estimate of drug-likeness (QED) is 0.358. The molecule has 1 aliphatic heterocycles. The maximum Gasteiger partial charge on any atom is 0.303 e. The molecule has 0 aromatic rings. The Labute approximate surface area is 167 Å². The van der Waals surface area contributed by atoms with Crippen LogP contribution in [0.15, 0.2) is 48.6 Å². The van der Waals surface area contributed by atoms with Crippen molar-refractivity contribution in [1.29, 1.82) is 0 Å². The average molecular weight is 395 g/mol. The number of aliphatic hydroxyl groups excluding tert-OH is 3. The summed E-state index contributed by atoms with van der Waals surface area (Å²) in [6, 6.07) is 0. The molecule has 0 aromatic heterocycles. The van der Waals surface area contributed by atoms with Crippen LogP contribution < -0.4 is 0 Å². The van der Waals surface area contributed by atoms with Crippen LogP contribution in [0, 0.1) is 0 Å². The van der Waals surface area contributed by atoms with Crippen LogP contribution in [-0.4, -0.2) is 56.9 Å². The maximum absolute atomic E-state index is 10.4. The molecular formula is C22H34O6. The van der Waals surface area contributed by atoms with Crippen LogP contribution in [0.4, 0.5) is 0 Å². The van der Waals surface area contributed by atoms with E-state index in [1.165, 1.54) is 0 Å². The third kappa shape index (κ3) is 10.6. The van der Waals surface area contributed by atoms with Crippen molar-refractivity contribution in [2.45, 2.75) is 82.4 Å². The number of aliphatic hydroxyl groups is 3. The number of rotatable bonds is 13. The highest BCUT2D eigenvalue weighted by molar-refractivity contribution is 5.66. The van der Waals surface area contributed by atoms with Crippen LogP contribution in [0.5, 0.6) is 0 Å². The van der Waals surface area contributed by atoms with E-state index in [1.54, 1.807) is 24.3 Å². The molecule has 0 radical (unpaired) electrons. The minimum atomic E-state index is -0.854. The number of carbonyl (C=O) groups is 1. The molecule has 1 aliphatic rings. The second kappa shape index (κ2) is 14.3. The Kier molecular flexibility index (Phi) is 12.4. The van der Waals surface area contributed by atoms with Crippen molar-refractivity contribution in [3.63, 3.8) is 0 Å². The fourth-order valence-corrected chi connectivity index (χ4v) is 2.84. The van der Waals surface area contributed by atoms with Gasteiger partial charge in [0, 0.05) is 12.8 Å². The maximum atomic E-state index is 10.4. The van der Waals surface area contributed by atoms with Gasteiger partial charge >= 0.3 is 5.97 Å². The number of ether oxygens (including phenoxy) is 1. The first-order chi connectivity index (χ1) is 13.4. The molecule has 6 nitrogen and oxygen atoms in total. The lowest BCUT2D eigenvalue weighted by Gasteiger charge is -2.16. The molecule has 4 N–H and O–H groups in total. The van der Waals surface area contributed by atoms with E-state index in [4.69, 9.17) is 9.84 Å². The third-order valence-electron chi connectivity index (χ3n) is 4.42. The van der Waals surface area contributed by atoms with Crippen molar-refractivity contribution in [3.05, 3.63) is 48.6 Å². The molecule has 158 valence electrons. The Morgan fingerprint density at radius 2 is 1.82 bits per heavy atom. The van der Waals surface area contributed by atoms with Gasteiger partial charge in [-0.1, -0.05) is 55.5 Å². The molecule has 5 atom stereocenters. The van der Waals surface area contributed by atoms with E-state index < -0.39 is 36.5 Å². The topological polar surface area (TPSA) is 107 Å². The van der Waals surface area contributed by atoms with Crippen LogP contribution in [0.2, 0.25) is 0 Å². The lowest BCUT2D eigenvalue weighted by molar-refractivity contribution is -0.136. The second-order valence-corrected chi connectivity index (χ2v) is 6.92. The third-order valence-corrected chi connectivity index (χ3v) is 4.42. The van der Waals surface area contributed by atoms with Crippen LogP contribution >= 0.6 is 0 Å². The van der Waals surface area contributed by atoms with Crippen molar-refractivity contribution in [2.75, 3.05) is 0 Å². The molecule has 1 saturated heterocycles. The summed E-state index contributed by atoms with van der Waals surface area (Å²) >= 11 is 0. The molecule has 0 aromatic carbocycles. The van der Waals surface area contributed by atoms with E-state index >= 15 is 0 Å². The predicted molar refractivity (Wildman–Crippen MR) is 109 cm³/mol. The van der Waals surface area contributed by atoms with Gasteiger partial charge in [0.05, 0.1) is 24.4 Å². The Bertz CT molecular complexity index is 551. The van der Waals surface area contributed by atoms with Gasteiger partial charge in [0.15, 0.2) is 0 Å². The number of aliphatic carboxylic acids is 1. The van der Waals surface area contributed by atoms with Gasteiger partial charge in [-0.25, -0.2) is 0 Å². The Hall–Kier alpha value is -1.73. The molecule has 0 bridgehead atoms. The molecule has 0 saturated carbocycles. The van der Waals surface area contributed by atoms with Crippen LogP contribution in [0.1, 0.15) is 51.9 Å². The number of allylic oxidation sites excluding steroid dienone is 4. The molecule has 6 heteroatoms. The summed E-state index contributed by atoms with van der Waals surface area (Å²) < 4.78 is 5.70. The SMILES string of the molecule is CC/C=C\C/C=C\C[C@@H](O)/C=C/[C@@H]1O[C@@H]([C@H](O)C/C=C\CCC(=O)O)C[C@H]1O. The van der Waals surface area contributed by atoms with Gasteiger partial charge in [-0.3, -0.25) is 4.79 Å². The Balaban J connectivity index is 2.34. The van der Waals surface area contributed by atoms with Gasteiger partial charge in [0.1, 0.15) is 6.10 Å². The standard InChI is InChI=1S/C22H34O6/c1-2-3-4-5-6-8-11-17(23)14-15-20-19(25)16-21(28-20)18(24)12-9-7-10-13-22(26)27/h3-4,6-9,14-15,17-21,23-25H,2,5,10-13,16H2,1H3,(H,26,27)/b4-3-,8-6-,9-7-,15-14+/t17-,18-,19-,20+,21-/m1/s1. The molecule has 0 aliphatic carbocycles. The molecule has 1 heterocycles. The minimum Gasteiger partial charge on any atom is -0.481 e. The van der Waals surface area contributed by atoms with Crippen molar-refractivity contribution in [3.8, 4) is 0 Å². The zero-order valence-corrected chi connectivity index (χ0v) is 16.6. The summed E-state index contributed by atoms with van der Waals surface area (Å²) in [5.74, 6) is -0.854. The smallest absolute Gasteiger partial charge is 0.303 e. The first kappa shape index (κ1) is 24.3. The average Bonchev–Trinajstić information content (AvgIpc) is 3.03. The van der Waals surface area contributed by atoms with Crippen LogP contribution in [0.3, 0.4) is 0 Å². The van der Waals surface area contributed by atoms with E-state index in [0.717, 1.165) is 12.8 Å². The van der Waals surface area contributed by atoms with Gasteiger partial charge in [-0.2, -0.15) is 0 Å². The monoisotopic (exact) mass is 394 g/mol. The van der Waals surface area contributed by atoms with Crippen molar-refractivity contribution < 1.29 is 30.0 Å². The van der Waals surface area contributed by atoms with Crippen LogP contribution in [-0.2, 0) is 9.53 Å². The van der Waals surface area contributed by atoms with Crippen molar-refractivity contribution in [2.24, 2.45) is 0 Å². The summed E-state index contributed by atoms with van der Waals surface area (Å²) in [7, 11) is 0. The molecular weight excluding hydrogens is 360 g/mol. The molecule has 28 heavy (non-hydrogen) atoms. The van der Waals surface area contributed by atoms with Gasteiger partial charge in [0.2, 0.25) is 0 Å². The summed E-state index contributed by atoms with van der Waals surface area (Å²) in [5.41, 5.74) is 0. The summed E-state index contributed by atoms with van der Waals surface area (Å²) in [6.07, 6.45) is 15.1. The highest BCUT2D eigenvalue weighted by Gasteiger charge is 2.35. The van der Waals surface area contributed by atoms with Crippen molar-refractivity contribution in [1.82, 2.24) is 0 Å². The molecule has 0 amide bonds. The number of hydrogen-bond donors (Lipinski definition) is 4. The lowest BCUT2D eigenvalue weighted by Crippen LogP contribution is -2.25. The second-order valence-electron chi connectivity index (χ2n) is 6.92. The molecule has 0 unspecified atom stereocenters. The number of hydrogen-bond acceptors (Lipinski definition) is 5. The van der Waals surface area contributed by atoms with Gasteiger partial charge < -0.3 is 25.2 Å². The number of carboxylic acids is 1. The first-order valence-electron chi connectivity index (χ1n) is 9.98. The molecule has 1 rings (SSSR count). The number of carboxylic acid groups (broad SMARTS) is 1. The fraction of sp³-hybridized carbons (Fsp3) is 0.591. The molecule has 1 fully saturated rings. The highest BCUT2D eigenvalue weighted by atomic mass is 16.5. The van der Waals surface area contributed by atoms with Crippen LogP contribution in [0.25, 0.3) is 0 Å². The van der Waals surface area contributed by atoms with Gasteiger partial charge in [-0.15, -0.1) is 0 Å². The zero-order valence-electron chi connectivity index (χ0n) is 16.6. The lowest BCUT2D eigenvalue weighted by atomic mass is 10.0. The summed E-state index contributed by atoms with van der Waals surface area (Å²) in [4.78, 5) is 10.4. The zero-order chi connectivity index (χ0) is 20.8. The minimum absolute atomic E-state index is 0.0606.